The second-order valence-electron chi connectivity index (χ2n) is 9.56. The van der Waals surface area contributed by atoms with Gasteiger partial charge in [0, 0.05) is 41.2 Å². The molecule has 0 spiro atoms. The number of hydrogen-bond acceptors (Lipinski definition) is 3. The highest BCUT2D eigenvalue weighted by molar-refractivity contribution is 6.42. The minimum absolute atomic E-state index is 0.200. The zero-order valence-electron chi connectivity index (χ0n) is 21.6. The first-order valence-electron chi connectivity index (χ1n) is 12.8. The van der Waals surface area contributed by atoms with Gasteiger partial charge in [0.15, 0.2) is 0 Å². The third-order valence-electron chi connectivity index (χ3n) is 7.27. The van der Waals surface area contributed by atoms with Crippen molar-refractivity contribution in [2.24, 2.45) is 0 Å². The average molecular weight is 560 g/mol. The van der Waals surface area contributed by atoms with Crippen LogP contribution in [-0.4, -0.2) is 29.1 Å². The molecule has 1 aliphatic heterocycles. The molecule has 8 heteroatoms. The van der Waals surface area contributed by atoms with Crippen LogP contribution in [0.3, 0.4) is 0 Å². The van der Waals surface area contributed by atoms with E-state index in [0.29, 0.717) is 27.2 Å². The number of methoxy groups -OCH3 is 2. The van der Waals surface area contributed by atoms with Gasteiger partial charge < -0.3 is 19.4 Å². The molecule has 6 rings (SSSR count). The minimum Gasteiger partial charge on any atom is -0.497 e. The zero-order valence-corrected chi connectivity index (χ0v) is 23.1. The highest BCUT2D eigenvalue weighted by Gasteiger charge is 2.30. The van der Waals surface area contributed by atoms with Crippen LogP contribution >= 0.6 is 23.2 Å². The van der Waals surface area contributed by atoms with Crippen LogP contribution in [0.4, 0.5) is 5.69 Å². The lowest BCUT2D eigenvalue weighted by Gasteiger charge is -2.11. The molecule has 0 radical (unpaired) electrons. The standard InChI is InChI=1S/C31H27Cl2N3O3/c1-38-22-12-9-19(10-13-22)28-24-8-3-4-15-35-27(20-11-14-25(32)26(33)16-20)18-36(31(24)35)29(28)30(37)34-21-6-5-7-23(17-21)39-2/h5-7,9-14,16-18H,3-4,8,15H2,1-2H3,(H,34,37). The van der Waals surface area contributed by atoms with Crippen LogP contribution in [-0.2, 0) is 13.0 Å². The summed E-state index contributed by atoms with van der Waals surface area (Å²) >= 11 is 12.6. The van der Waals surface area contributed by atoms with Crippen molar-refractivity contribution in [3.63, 3.8) is 0 Å². The van der Waals surface area contributed by atoms with Crippen molar-refractivity contribution >= 4 is 40.4 Å². The molecule has 198 valence electrons. The molecule has 0 unspecified atom stereocenters. The fourth-order valence-electron chi connectivity index (χ4n) is 5.45. The number of rotatable bonds is 6. The van der Waals surface area contributed by atoms with Gasteiger partial charge in [0.05, 0.1) is 30.0 Å². The van der Waals surface area contributed by atoms with Gasteiger partial charge in [-0.15, -0.1) is 0 Å². The number of amides is 1. The van der Waals surface area contributed by atoms with E-state index in [1.54, 1.807) is 14.2 Å². The fraction of sp³-hybridized carbons (Fsp3) is 0.194. The molecule has 1 N–H and O–H groups in total. The summed E-state index contributed by atoms with van der Waals surface area (Å²) in [5.74, 6) is 1.24. The van der Waals surface area contributed by atoms with E-state index in [9.17, 15) is 4.79 Å². The van der Waals surface area contributed by atoms with Gasteiger partial charge in [-0.2, -0.15) is 0 Å². The molecule has 0 saturated carbocycles. The number of nitrogens with zero attached hydrogens (tertiary/aromatic N) is 2. The zero-order chi connectivity index (χ0) is 27.1. The van der Waals surface area contributed by atoms with Gasteiger partial charge >= 0.3 is 0 Å². The topological polar surface area (TPSA) is 56.9 Å². The Balaban J connectivity index is 1.59. The molecule has 0 aliphatic carbocycles. The summed E-state index contributed by atoms with van der Waals surface area (Å²) in [6.45, 7) is 0.835. The number of carbonyl (C=O) groups is 1. The lowest BCUT2D eigenvalue weighted by molar-refractivity contribution is 0.102. The Bertz CT molecular complexity index is 1700. The van der Waals surface area contributed by atoms with Gasteiger partial charge in [0.1, 0.15) is 22.8 Å². The number of nitrogens with one attached hydrogen (secondary N) is 1. The molecule has 0 saturated heterocycles. The maximum Gasteiger partial charge on any atom is 0.273 e. The van der Waals surface area contributed by atoms with E-state index in [0.717, 1.165) is 65.2 Å². The molecule has 5 aromatic rings. The summed E-state index contributed by atoms with van der Waals surface area (Å²) in [5, 5.41) is 4.11. The van der Waals surface area contributed by atoms with Gasteiger partial charge in [-0.3, -0.25) is 9.20 Å². The van der Waals surface area contributed by atoms with Gasteiger partial charge in [0.25, 0.3) is 5.91 Å². The number of aryl methyl sites for hydroxylation is 2. The van der Waals surface area contributed by atoms with Crippen LogP contribution in [0.1, 0.15) is 28.9 Å². The van der Waals surface area contributed by atoms with Crippen LogP contribution in [0.15, 0.2) is 72.9 Å². The van der Waals surface area contributed by atoms with Gasteiger partial charge in [-0.05, 0) is 61.2 Å². The van der Waals surface area contributed by atoms with Crippen molar-refractivity contribution in [3.8, 4) is 33.9 Å². The monoisotopic (exact) mass is 559 g/mol. The normalized spacial score (nSPS) is 12.8. The highest BCUT2D eigenvalue weighted by atomic mass is 35.5. The molecule has 0 bridgehead atoms. The van der Waals surface area contributed by atoms with E-state index in [2.05, 4.69) is 9.88 Å². The predicted molar refractivity (Wildman–Crippen MR) is 157 cm³/mol. The van der Waals surface area contributed by atoms with Crippen molar-refractivity contribution in [1.82, 2.24) is 8.97 Å². The number of halogens is 2. The summed E-state index contributed by atoms with van der Waals surface area (Å²) in [4.78, 5) is 14.1. The van der Waals surface area contributed by atoms with Crippen LogP contribution in [0, 0.1) is 0 Å². The highest BCUT2D eigenvalue weighted by Crippen LogP contribution is 2.41. The molecular weight excluding hydrogens is 533 g/mol. The number of benzene rings is 3. The van der Waals surface area contributed by atoms with Crippen LogP contribution in [0.5, 0.6) is 11.5 Å². The third kappa shape index (κ3) is 4.54. The first kappa shape index (κ1) is 25.4. The second kappa shape index (κ2) is 10.4. The summed E-state index contributed by atoms with van der Waals surface area (Å²) < 4.78 is 15.1. The first-order chi connectivity index (χ1) is 19.0. The maximum absolute atomic E-state index is 14.1. The Morgan fingerprint density at radius 3 is 2.38 bits per heavy atom. The van der Waals surface area contributed by atoms with Crippen LogP contribution in [0.25, 0.3) is 28.0 Å². The molecule has 3 aromatic carbocycles. The summed E-state index contributed by atoms with van der Waals surface area (Å²) in [6, 6.07) is 20.9. The summed E-state index contributed by atoms with van der Waals surface area (Å²) in [5.41, 5.74) is 7.26. The lowest BCUT2D eigenvalue weighted by atomic mass is 9.97. The Labute approximate surface area is 236 Å². The van der Waals surface area contributed by atoms with Crippen molar-refractivity contribution in [3.05, 3.63) is 94.2 Å². The number of carbonyl (C=O) groups excluding carboxylic acids is 1. The fourth-order valence-corrected chi connectivity index (χ4v) is 5.75. The quantitative estimate of drug-likeness (QED) is 0.229. The Hall–Kier alpha value is -3.87. The molecule has 39 heavy (non-hydrogen) atoms. The Morgan fingerprint density at radius 2 is 1.64 bits per heavy atom. The van der Waals surface area contributed by atoms with E-state index in [4.69, 9.17) is 32.7 Å². The minimum atomic E-state index is -0.200. The van der Waals surface area contributed by atoms with Crippen LogP contribution < -0.4 is 14.8 Å². The largest absolute Gasteiger partial charge is 0.497 e. The van der Waals surface area contributed by atoms with E-state index >= 15 is 0 Å². The molecule has 0 fully saturated rings. The van der Waals surface area contributed by atoms with Crippen molar-refractivity contribution in [2.45, 2.75) is 25.8 Å². The Kier molecular flexibility index (Phi) is 6.75. The second-order valence-corrected chi connectivity index (χ2v) is 10.4. The SMILES string of the molecule is COc1ccc(-c2c3c4n(c(-c5ccc(Cl)c(Cl)c5)cn4c2C(=O)Nc2cccc(OC)c2)CCCC3)cc1. The lowest BCUT2D eigenvalue weighted by Crippen LogP contribution is -2.15. The maximum atomic E-state index is 14.1. The van der Waals surface area contributed by atoms with Gasteiger partial charge in [0.2, 0.25) is 0 Å². The molecule has 1 amide bonds. The summed E-state index contributed by atoms with van der Waals surface area (Å²) in [7, 11) is 3.26. The van der Waals surface area contributed by atoms with Crippen molar-refractivity contribution in [2.75, 3.05) is 19.5 Å². The van der Waals surface area contributed by atoms with E-state index in [1.165, 1.54) is 0 Å². The molecule has 3 heterocycles. The number of ether oxygens (including phenoxy) is 2. The number of hydrogen-bond donors (Lipinski definition) is 1. The Morgan fingerprint density at radius 1 is 0.872 bits per heavy atom. The summed E-state index contributed by atoms with van der Waals surface area (Å²) in [6.07, 6.45) is 4.95. The average Bonchev–Trinajstić information content (AvgIpc) is 3.37. The van der Waals surface area contributed by atoms with Crippen molar-refractivity contribution in [1.29, 1.82) is 0 Å². The predicted octanol–water partition coefficient (Wildman–Crippen LogP) is 7.99. The molecular formula is C31H27Cl2N3O3. The molecule has 0 atom stereocenters. The first-order valence-corrected chi connectivity index (χ1v) is 13.6. The van der Waals surface area contributed by atoms with E-state index in [1.807, 2.05) is 77.3 Å². The smallest absolute Gasteiger partial charge is 0.273 e. The van der Waals surface area contributed by atoms with E-state index < -0.39 is 0 Å². The van der Waals surface area contributed by atoms with Gasteiger partial charge in [-0.1, -0.05) is 47.5 Å². The molecule has 2 aromatic heterocycles. The number of aromatic nitrogens is 2. The van der Waals surface area contributed by atoms with Gasteiger partial charge in [-0.25, -0.2) is 0 Å². The molecule has 1 aliphatic rings. The number of anilines is 1. The number of imidazole rings is 1. The molecule has 6 nitrogen and oxygen atoms in total. The van der Waals surface area contributed by atoms with E-state index in [-0.39, 0.29) is 5.91 Å². The van der Waals surface area contributed by atoms with Crippen molar-refractivity contribution < 1.29 is 14.3 Å². The van der Waals surface area contributed by atoms with Crippen LogP contribution in [0.2, 0.25) is 10.0 Å². The third-order valence-corrected chi connectivity index (χ3v) is 8.01.